The van der Waals surface area contributed by atoms with Crippen LogP contribution in [0.4, 0.5) is 0 Å². The van der Waals surface area contributed by atoms with Gasteiger partial charge in [0.1, 0.15) is 0 Å². The highest BCUT2D eigenvalue weighted by molar-refractivity contribution is 7.09. The van der Waals surface area contributed by atoms with Gasteiger partial charge in [0.05, 0.1) is 0 Å². The predicted molar refractivity (Wildman–Crippen MR) is 89.5 cm³/mol. The summed E-state index contributed by atoms with van der Waals surface area (Å²) >= 11 is 1.88. The number of likely N-dealkylation sites (N-methyl/N-ethyl adjacent to an activating group) is 1. The maximum absolute atomic E-state index is 3.70. The molecule has 3 heteroatoms. The molecule has 1 aliphatic rings. The van der Waals surface area contributed by atoms with Crippen LogP contribution in [0.2, 0.25) is 0 Å². The van der Waals surface area contributed by atoms with Crippen LogP contribution in [0.1, 0.15) is 44.4 Å². The van der Waals surface area contributed by atoms with E-state index in [4.69, 9.17) is 0 Å². The van der Waals surface area contributed by atoms with Gasteiger partial charge in [0.2, 0.25) is 0 Å². The molecule has 1 aliphatic carbocycles. The normalized spacial score (nSPS) is 25.0. The van der Waals surface area contributed by atoms with Crippen molar-refractivity contribution < 1.29 is 0 Å². The minimum atomic E-state index is 0.637. The average Bonchev–Trinajstić information content (AvgIpc) is 2.94. The van der Waals surface area contributed by atoms with Crippen molar-refractivity contribution in [2.45, 2.75) is 58.0 Å². The first-order valence-electron chi connectivity index (χ1n) is 8.16. The van der Waals surface area contributed by atoms with Crippen LogP contribution >= 0.6 is 11.3 Å². The highest BCUT2D eigenvalue weighted by Gasteiger charge is 2.26. The molecule has 1 saturated carbocycles. The minimum Gasteiger partial charge on any atom is -0.314 e. The summed E-state index contributed by atoms with van der Waals surface area (Å²) in [5.41, 5.74) is 0. The monoisotopic (exact) mass is 294 g/mol. The molecule has 0 aliphatic heterocycles. The summed E-state index contributed by atoms with van der Waals surface area (Å²) in [5, 5.41) is 5.88. The van der Waals surface area contributed by atoms with E-state index in [-0.39, 0.29) is 0 Å². The van der Waals surface area contributed by atoms with Crippen molar-refractivity contribution in [3.05, 3.63) is 22.4 Å². The van der Waals surface area contributed by atoms with Gasteiger partial charge in [-0.2, -0.15) is 0 Å². The fourth-order valence-electron chi connectivity index (χ4n) is 3.38. The Labute approximate surface area is 128 Å². The molecule has 2 nitrogen and oxygen atoms in total. The van der Waals surface area contributed by atoms with E-state index in [0.29, 0.717) is 6.04 Å². The molecule has 0 amide bonds. The van der Waals surface area contributed by atoms with Gasteiger partial charge < -0.3 is 10.2 Å². The van der Waals surface area contributed by atoms with E-state index in [0.717, 1.165) is 18.5 Å². The number of hydrogen-bond donors (Lipinski definition) is 1. The first-order valence-corrected chi connectivity index (χ1v) is 9.04. The molecule has 1 N–H and O–H groups in total. The van der Waals surface area contributed by atoms with Crippen molar-refractivity contribution in [1.29, 1.82) is 0 Å². The Morgan fingerprint density at radius 2 is 2.20 bits per heavy atom. The lowest BCUT2D eigenvalue weighted by Gasteiger charge is -2.36. The number of hydrogen-bond acceptors (Lipinski definition) is 3. The number of nitrogens with one attached hydrogen (secondary N) is 1. The Balaban J connectivity index is 1.83. The maximum Gasteiger partial charge on any atom is 0.0112 e. The first-order chi connectivity index (χ1) is 9.70. The molecule has 0 spiro atoms. The molecule has 114 valence electrons. The summed E-state index contributed by atoms with van der Waals surface area (Å²) in [4.78, 5) is 4.08. The van der Waals surface area contributed by atoms with Gasteiger partial charge >= 0.3 is 0 Å². The summed E-state index contributed by atoms with van der Waals surface area (Å²) < 4.78 is 0. The highest BCUT2D eigenvalue weighted by Crippen LogP contribution is 2.26. The molecule has 1 aromatic heterocycles. The molecule has 3 atom stereocenters. The second kappa shape index (κ2) is 8.16. The lowest BCUT2D eigenvalue weighted by molar-refractivity contribution is 0.161. The Bertz CT molecular complexity index is 361. The van der Waals surface area contributed by atoms with Gasteiger partial charge in [-0.05, 0) is 57.1 Å². The molecular formula is C17H30N2S. The van der Waals surface area contributed by atoms with E-state index in [1.807, 2.05) is 11.3 Å². The molecule has 0 saturated heterocycles. The van der Waals surface area contributed by atoms with Crippen molar-refractivity contribution >= 4 is 11.3 Å². The van der Waals surface area contributed by atoms with Crippen molar-refractivity contribution in [1.82, 2.24) is 10.2 Å². The van der Waals surface area contributed by atoms with E-state index in [9.17, 15) is 0 Å². The third kappa shape index (κ3) is 4.57. The summed E-state index contributed by atoms with van der Waals surface area (Å²) in [6.45, 7) is 6.94. The smallest absolute Gasteiger partial charge is 0.0112 e. The molecule has 0 aromatic carbocycles. The van der Waals surface area contributed by atoms with Crippen LogP contribution in [0.15, 0.2) is 17.5 Å². The number of rotatable bonds is 7. The van der Waals surface area contributed by atoms with E-state index in [1.54, 1.807) is 0 Å². The molecule has 0 bridgehead atoms. The Kier molecular flexibility index (Phi) is 6.53. The summed E-state index contributed by atoms with van der Waals surface area (Å²) in [6, 6.07) is 5.80. The second-order valence-corrected chi connectivity index (χ2v) is 7.31. The molecule has 0 radical (unpaired) electrons. The van der Waals surface area contributed by atoms with Gasteiger partial charge in [0, 0.05) is 23.5 Å². The van der Waals surface area contributed by atoms with Crippen LogP contribution in [0.5, 0.6) is 0 Å². The SMILES string of the molecule is CCNC1CCCCC1CN(C)C(C)Cc1cccs1. The lowest BCUT2D eigenvalue weighted by atomic mass is 9.84. The van der Waals surface area contributed by atoms with Gasteiger partial charge in [-0.3, -0.25) is 0 Å². The minimum absolute atomic E-state index is 0.637. The maximum atomic E-state index is 3.70. The summed E-state index contributed by atoms with van der Waals surface area (Å²) in [6.07, 6.45) is 6.77. The topological polar surface area (TPSA) is 15.3 Å². The van der Waals surface area contributed by atoms with Crippen molar-refractivity contribution in [3.63, 3.8) is 0 Å². The third-order valence-corrected chi connectivity index (χ3v) is 5.63. The van der Waals surface area contributed by atoms with Gasteiger partial charge in [-0.25, -0.2) is 0 Å². The zero-order chi connectivity index (χ0) is 14.4. The number of nitrogens with zero attached hydrogens (tertiary/aromatic N) is 1. The van der Waals surface area contributed by atoms with Gasteiger partial charge in [0.25, 0.3) is 0 Å². The van der Waals surface area contributed by atoms with Crippen LogP contribution in [-0.4, -0.2) is 37.1 Å². The van der Waals surface area contributed by atoms with Crippen LogP contribution in [0.3, 0.4) is 0 Å². The highest BCUT2D eigenvalue weighted by atomic mass is 32.1. The Morgan fingerprint density at radius 3 is 2.90 bits per heavy atom. The first kappa shape index (κ1) is 16.0. The quantitative estimate of drug-likeness (QED) is 0.823. The van der Waals surface area contributed by atoms with E-state index >= 15 is 0 Å². The average molecular weight is 295 g/mol. The fourth-order valence-corrected chi connectivity index (χ4v) is 4.21. The van der Waals surface area contributed by atoms with Gasteiger partial charge in [-0.15, -0.1) is 11.3 Å². The van der Waals surface area contributed by atoms with Crippen LogP contribution in [0.25, 0.3) is 0 Å². The van der Waals surface area contributed by atoms with Gasteiger partial charge in [-0.1, -0.05) is 25.8 Å². The van der Waals surface area contributed by atoms with E-state index in [1.165, 1.54) is 43.5 Å². The largest absolute Gasteiger partial charge is 0.314 e. The predicted octanol–water partition coefficient (Wildman–Crippen LogP) is 3.78. The van der Waals surface area contributed by atoms with Crippen molar-refractivity contribution in [2.75, 3.05) is 20.1 Å². The molecule has 20 heavy (non-hydrogen) atoms. The van der Waals surface area contributed by atoms with Gasteiger partial charge in [0.15, 0.2) is 0 Å². The molecule has 1 aromatic rings. The van der Waals surface area contributed by atoms with Crippen molar-refractivity contribution in [3.8, 4) is 0 Å². The molecular weight excluding hydrogens is 264 g/mol. The van der Waals surface area contributed by atoms with Crippen LogP contribution < -0.4 is 5.32 Å². The molecule has 1 fully saturated rings. The molecule has 2 rings (SSSR count). The lowest BCUT2D eigenvalue weighted by Crippen LogP contribution is -2.45. The molecule has 3 unspecified atom stereocenters. The Hall–Kier alpha value is -0.380. The summed E-state index contributed by atoms with van der Waals surface area (Å²) in [5.74, 6) is 0.833. The third-order valence-electron chi connectivity index (χ3n) is 4.73. The summed E-state index contributed by atoms with van der Waals surface area (Å²) in [7, 11) is 2.30. The van der Waals surface area contributed by atoms with E-state index in [2.05, 4.69) is 48.6 Å². The second-order valence-electron chi connectivity index (χ2n) is 6.28. The zero-order valence-corrected chi connectivity index (χ0v) is 14.1. The van der Waals surface area contributed by atoms with Crippen LogP contribution in [0, 0.1) is 5.92 Å². The zero-order valence-electron chi connectivity index (χ0n) is 13.3. The molecule has 1 heterocycles. The van der Waals surface area contributed by atoms with E-state index < -0.39 is 0 Å². The number of thiophene rings is 1. The van der Waals surface area contributed by atoms with Crippen molar-refractivity contribution in [2.24, 2.45) is 5.92 Å². The fraction of sp³-hybridized carbons (Fsp3) is 0.765. The standard InChI is InChI=1S/C17H30N2S/c1-4-18-17-10-6-5-8-15(17)13-19(3)14(2)12-16-9-7-11-20-16/h7,9,11,14-15,17-18H,4-6,8,10,12-13H2,1-3H3. The Morgan fingerprint density at radius 1 is 1.40 bits per heavy atom. The van der Waals surface area contributed by atoms with Crippen LogP contribution in [-0.2, 0) is 6.42 Å².